The van der Waals surface area contributed by atoms with Crippen molar-refractivity contribution in [2.24, 2.45) is 35.5 Å². The van der Waals surface area contributed by atoms with E-state index in [1.165, 1.54) is 12.0 Å². The zero-order chi connectivity index (χ0) is 29.3. The largest absolute Gasteiger partial charge is 0.480 e. The van der Waals surface area contributed by atoms with Crippen LogP contribution in [-0.2, 0) is 24.8 Å². The van der Waals surface area contributed by atoms with E-state index in [-0.39, 0.29) is 24.4 Å². The quantitative estimate of drug-likeness (QED) is 0.260. The van der Waals surface area contributed by atoms with Gasteiger partial charge in [-0.15, -0.1) is 0 Å². The number of hydroxylamine groups is 1. The normalized spacial score (nSPS) is 41.3. The van der Waals surface area contributed by atoms with Gasteiger partial charge in [-0.3, -0.25) is 24.8 Å². The summed E-state index contributed by atoms with van der Waals surface area (Å²) >= 11 is 6.55. The van der Waals surface area contributed by atoms with Gasteiger partial charge in [-0.2, -0.15) is 0 Å². The molecule has 1 saturated carbocycles. The number of fused-ring (bicyclic) bond motifs is 4. The molecule has 4 aliphatic rings. The predicted molar refractivity (Wildman–Crippen MR) is 146 cm³/mol. The maximum absolute atomic E-state index is 12.9. The van der Waals surface area contributed by atoms with Crippen LogP contribution >= 0.6 is 11.6 Å². The van der Waals surface area contributed by atoms with Gasteiger partial charge in [0.1, 0.15) is 17.7 Å². The van der Waals surface area contributed by atoms with Gasteiger partial charge in [-0.1, -0.05) is 43.7 Å². The van der Waals surface area contributed by atoms with Crippen molar-refractivity contribution in [3.63, 3.8) is 0 Å². The molecule has 0 bridgehead atoms. The van der Waals surface area contributed by atoms with Gasteiger partial charge < -0.3 is 25.2 Å². The van der Waals surface area contributed by atoms with Crippen LogP contribution in [0.2, 0.25) is 5.02 Å². The fourth-order valence-electron chi connectivity index (χ4n) is 8.16. The molecule has 2 aliphatic heterocycles. The van der Waals surface area contributed by atoms with Crippen LogP contribution in [0, 0.1) is 35.5 Å². The molecule has 1 aromatic carbocycles. The first-order chi connectivity index (χ1) is 18.8. The molecule has 2 heterocycles. The Balaban J connectivity index is 1.79. The van der Waals surface area contributed by atoms with Gasteiger partial charge in [0, 0.05) is 43.9 Å². The van der Waals surface area contributed by atoms with Gasteiger partial charge in [0.2, 0.25) is 0 Å². The number of carboxylic acids is 1. The van der Waals surface area contributed by atoms with Gasteiger partial charge in [0.25, 0.3) is 0 Å². The molecule has 0 spiro atoms. The Morgan fingerprint density at radius 3 is 2.60 bits per heavy atom. The molecule has 1 saturated heterocycles. The van der Waals surface area contributed by atoms with E-state index in [0.29, 0.717) is 28.3 Å². The standard InChI is InChI=1S/C29H39ClN2O8/c1-13-11-19-17(14(2)12-33)10-9-15(3)28(19,37)22(25(13)39-16(4)34)21-23(26(35)36)31-27-29(21,38)18-7-6-8-20(30)24(18)32(5)40-27/h6-8,11,14-15,17,19,21-23,25,27,31,33,37-38H,9-10,12H2,1-5H3,(H,35,36)/t14?,15-,17+,19-,21+,22+,23+,25?,27-,28-,29+/m1/s1. The van der Waals surface area contributed by atoms with E-state index in [1.54, 1.807) is 32.2 Å². The first-order valence-corrected chi connectivity index (χ1v) is 14.3. The van der Waals surface area contributed by atoms with E-state index < -0.39 is 59.3 Å². The van der Waals surface area contributed by atoms with Crippen LogP contribution in [0.3, 0.4) is 0 Å². The molecule has 2 unspecified atom stereocenters. The molecule has 5 rings (SSSR count). The van der Waals surface area contributed by atoms with Crippen molar-refractivity contribution in [3.05, 3.63) is 40.4 Å². The molecular formula is C29H39ClN2O8. The van der Waals surface area contributed by atoms with Gasteiger partial charge in [0.05, 0.1) is 16.3 Å². The number of carboxylic acid groups (broad SMARTS) is 1. The topological polar surface area (TPSA) is 149 Å². The second-order valence-electron chi connectivity index (χ2n) is 12.1. The van der Waals surface area contributed by atoms with Crippen molar-refractivity contribution in [3.8, 4) is 0 Å². The summed E-state index contributed by atoms with van der Waals surface area (Å²) in [6, 6.07) is 3.64. The summed E-state index contributed by atoms with van der Waals surface area (Å²) in [6.45, 7) is 6.84. The highest BCUT2D eigenvalue weighted by atomic mass is 35.5. The third-order valence-electron chi connectivity index (χ3n) is 10.0. The van der Waals surface area contributed by atoms with Crippen molar-refractivity contribution in [2.45, 2.75) is 70.1 Å². The van der Waals surface area contributed by atoms with Crippen LogP contribution in [0.15, 0.2) is 29.8 Å². The highest BCUT2D eigenvalue weighted by Gasteiger charge is 2.71. The molecule has 0 amide bonds. The Kier molecular flexibility index (Phi) is 7.51. The van der Waals surface area contributed by atoms with Gasteiger partial charge in [0.15, 0.2) is 6.23 Å². The summed E-state index contributed by atoms with van der Waals surface area (Å²) in [4.78, 5) is 31.3. The van der Waals surface area contributed by atoms with E-state index in [1.807, 2.05) is 19.9 Å². The SMILES string of the molecule is CC(=O)OC1C(C)=C[C@@H]2[C@H](C(C)CO)CC[C@@H](C)[C@]2(O)[C@H]1[C@H]1[C@@H](C(=O)O)N[C@@H]2ON(C)c3c(Cl)cccc3[C@]12O. The average Bonchev–Trinajstić information content (AvgIpc) is 3.18. The van der Waals surface area contributed by atoms with Crippen molar-refractivity contribution in [1.29, 1.82) is 0 Å². The Morgan fingerprint density at radius 1 is 1.27 bits per heavy atom. The Morgan fingerprint density at radius 2 is 1.98 bits per heavy atom. The van der Waals surface area contributed by atoms with Crippen molar-refractivity contribution >= 4 is 29.2 Å². The molecule has 0 radical (unpaired) electrons. The van der Waals surface area contributed by atoms with E-state index >= 15 is 0 Å². The number of carbonyl (C=O) groups excluding carboxylic acids is 1. The number of aliphatic hydroxyl groups excluding tert-OH is 1. The minimum atomic E-state index is -1.97. The van der Waals surface area contributed by atoms with E-state index in [9.17, 15) is 30.0 Å². The zero-order valence-corrected chi connectivity index (χ0v) is 24.1. The summed E-state index contributed by atoms with van der Waals surface area (Å²) in [5, 5.41) is 50.9. The lowest BCUT2D eigenvalue weighted by Crippen LogP contribution is -2.67. The van der Waals surface area contributed by atoms with E-state index in [0.717, 1.165) is 6.42 Å². The second kappa shape index (κ2) is 10.3. The van der Waals surface area contributed by atoms with Gasteiger partial charge in [-0.05, 0) is 49.2 Å². The van der Waals surface area contributed by atoms with E-state index in [2.05, 4.69) is 5.32 Å². The molecule has 11 heteroatoms. The summed E-state index contributed by atoms with van der Waals surface area (Å²) in [6.07, 6.45) is 1.09. The minimum absolute atomic E-state index is 0.0721. The van der Waals surface area contributed by atoms with Crippen LogP contribution < -0.4 is 10.4 Å². The average molecular weight is 579 g/mol. The van der Waals surface area contributed by atoms with Crippen LogP contribution in [-0.4, -0.2) is 70.0 Å². The third-order valence-corrected chi connectivity index (χ3v) is 10.3. The van der Waals surface area contributed by atoms with Crippen molar-refractivity contribution in [2.75, 3.05) is 18.7 Å². The third kappa shape index (κ3) is 4.10. The fraction of sp³-hybridized carbons (Fsp3) is 0.655. The Bertz CT molecular complexity index is 1230. The number of aliphatic carboxylic acids is 1. The van der Waals surface area contributed by atoms with Crippen LogP contribution in [0.25, 0.3) is 0 Å². The number of esters is 1. The first-order valence-electron chi connectivity index (χ1n) is 13.9. The zero-order valence-electron chi connectivity index (χ0n) is 23.4. The number of para-hydroxylation sites is 1. The molecular weight excluding hydrogens is 540 g/mol. The van der Waals surface area contributed by atoms with Gasteiger partial charge >= 0.3 is 11.9 Å². The molecule has 40 heavy (non-hydrogen) atoms. The minimum Gasteiger partial charge on any atom is -0.480 e. The van der Waals surface area contributed by atoms with E-state index in [4.69, 9.17) is 21.2 Å². The number of ether oxygens (including phenoxy) is 1. The highest BCUT2D eigenvalue weighted by Crippen LogP contribution is 2.61. The van der Waals surface area contributed by atoms with Gasteiger partial charge in [-0.25, -0.2) is 0 Å². The molecule has 2 fully saturated rings. The maximum atomic E-state index is 12.9. The molecule has 11 atom stereocenters. The predicted octanol–water partition coefficient (Wildman–Crippen LogP) is 2.44. The number of rotatable bonds is 5. The lowest BCUT2D eigenvalue weighted by molar-refractivity contribution is -0.228. The van der Waals surface area contributed by atoms with Crippen LogP contribution in [0.1, 0.15) is 46.1 Å². The number of nitrogens with one attached hydrogen (secondary N) is 1. The monoisotopic (exact) mass is 578 g/mol. The molecule has 0 aromatic heterocycles. The lowest BCUT2D eigenvalue weighted by Gasteiger charge is -2.60. The number of carbonyl (C=O) groups is 2. The number of anilines is 1. The summed E-state index contributed by atoms with van der Waals surface area (Å²) in [7, 11) is 1.62. The number of nitrogens with zero attached hydrogens (tertiary/aromatic N) is 1. The Labute approximate surface area is 238 Å². The number of hydrogen-bond donors (Lipinski definition) is 5. The number of benzene rings is 1. The van der Waals surface area contributed by atoms with Crippen molar-refractivity contribution < 1.29 is 39.6 Å². The fourth-order valence-corrected chi connectivity index (χ4v) is 8.45. The number of hydrogen-bond acceptors (Lipinski definition) is 9. The second-order valence-corrected chi connectivity index (χ2v) is 12.5. The number of halogens is 1. The van der Waals surface area contributed by atoms with Crippen LogP contribution in [0.4, 0.5) is 5.69 Å². The summed E-state index contributed by atoms with van der Waals surface area (Å²) in [5.41, 5.74) is -2.14. The smallest absolute Gasteiger partial charge is 0.321 e. The van der Waals surface area contributed by atoms with Crippen LogP contribution in [0.5, 0.6) is 0 Å². The molecule has 10 nitrogen and oxygen atoms in total. The Hall–Kier alpha value is -2.21. The van der Waals surface area contributed by atoms with Crippen molar-refractivity contribution in [1.82, 2.24) is 5.32 Å². The summed E-state index contributed by atoms with van der Waals surface area (Å²) in [5.74, 6) is -5.13. The molecule has 220 valence electrons. The summed E-state index contributed by atoms with van der Waals surface area (Å²) < 4.78 is 5.87. The molecule has 2 aliphatic carbocycles. The highest BCUT2D eigenvalue weighted by molar-refractivity contribution is 6.33. The first kappa shape index (κ1) is 29.3. The number of aliphatic hydroxyl groups is 3. The molecule has 5 N–H and O–H groups in total. The maximum Gasteiger partial charge on any atom is 0.321 e. The molecule has 1 aromatic rings. The lowest BCUT2D eigenvalue weighted by atomic mass is 9.49.